The Morgan fingerprint density at radius 1 is 1.11 bits per heavy atom. The average Bonchev–Trinajstić information content (AvgIpc) is 3.19. The summed E-state index contributed by atoms with van der Waals surface area (Å²) in [7, 11) is 0. The van der Waals surface area contributed by atoms with Gasteiger partial charge in [-0.05, 0) is 44.0 Å². The van der Waals surface area contributed by atoms with Gasteiger partial charge in [-0.3, -0.25) is 9.20 Å². The molecule has 0 radical (unpaired) electrons. The van der Waals surface area contributed by atoms with Crippen LogP contribution in [0.4, 0.5) is 5.69 Å². The van der Waals surface area contributed by atoms with E-state index < -0.39 is 0 Å². The van der Waals surface area contributed by atoms with Gasteiger partial charge in [-0.15, -0.1) is 11.3 Å². The topological polar surface area (TPSA) is 55.6 Å². The molecule has 28 heavy (non-hydrogen) atoms. The Balaban J connectivity index is 1.45. The Morgan fingerprint density at radius 2 is 1.86 bits per heavy atom. The quantitative estimate of drug-likeness (QED) is 0.520. The first-order valence-electron chi connectivity index (χ1n) is 9.04. The van der Waals surface area contributed by atoms with E-state index in [1.165, 1.54) is 4.88 Å². The standard InChI is InChI=1S/C22H21N3O2S/c1-14-6-4-7-15(2)21(14)27-13-20(26)23-18-9-5-8-17(10-18)19-12-25-11-16(3)28-22(25)24-19/h4-12H,13H2,1-3H3,(H,23,26). The van der Waals surface area contributed by atoms with E-state index in [9.17, 15) is 4.79 Å². The normalized spacial score (nSPS) is 11.0. The van der Waals surface area contributed by atoms with Gasteiger partial charge in [-0.2, -0.15) is 0 Å². The van der Waals surface area contributed by atoms with E-state index in [0.717, 1.165) is 38.8 Å². The molecular formula is C22H21N3O2S. The molecule has 2 heterocycles. The van der Waals surface area contributed by atoms with E-state index in [1.54, 1.807) is 11.3 Å². The van der Waals surface area contributed by atoms with Crippen molar-refractivity contribution in [1.29, 1.82) is 0 Å². The molecule has 0 fully saturated rings. The van der Waals surface area contributed by atoms with Gasteiger partial charge in [0.2, 0.25) is 0 Å². The Hall–Kier alpha value is -3.12. The number of para-hydroxylation sites is 1. The van der Waals surface area contributed by atoms with Crippen LogP contribution in [-0.4, -0.2) is 21.9 Å². The number of amides is 1. The first kappa shape index (κ1) is 18.3. The number of thiazole rings is 1. The number of hydrogen-bond donors (Lipinski definition) is 1. The highest BCUT2D eigenvalue weighted by molar-refractivity contribution is 7.17. The second-order valence-corrected chi connectivity index (χ2v) is 8.01. The molecule has 0 bridgehead atoms. The maximum Gasteiger partial charge on any atom is 0.262 e. The van der Waals surface area contributed by atoms with Crippen molar-refractivity contribution >= 4 is 27.9 Å². The fraction of sp³-hybridized carbons (Fsp3) is 0.182. The van der Waals surface area contributed by atoms with Gasteiger partial charge in [-0.25, -0.2) is 4.98 Å². The Bertz CT molecular complexity index is 1110. The van der Waals surface area contributed by atoms with Gasteiger partial charge >= 0.3 is 0 Å². The summed E-state index contributed by atoms with van der Waals surface area (Å²) in [6, 6.07) is 13.6. The fourth-order valence-corrected chi connectivity index (χ4v) is 3.98. The van der Waals surface area contributed by atoms with Crippen LogP contribution in [0.1, 0.15) is 16.0 Å². The third kappa shape index (κ3) is 3.77. The van der Waals surface area contributed by atoms with Gasteiger partial charge < -0.3 is 10.1 Å². The van der Waals surface area contributed by atoms with Gasteiger partial charge in [0.1, 0.15) is 5.75 Å². The number of carbonyl (C=O) groups is 1. The molecule has 0 saturated heterocycles. The van der Waals surface area contributed by atoms with Crippen molar-refractivity contribution in [3.63, 3.8) is 0 Å². The second-order valence-electron chi connectivity index (χ2n) is 6.80. The number of nitrogens with zero attached hydrogens (tertiary/aromatic N) is 2. The number of carbonyl (C=O) groups excluding carboxylic acids is 1. The van der Waals surface area contributed by atoms with Gasteiger partial charge in [0, 0.05) is 28.5 Å². The molecule has 5 nitrogen and oxygen atoms in total. The number of fused-ring (bicyclic) bond motifs is 1. The molecule has 0 aliphatic carbocycles. The molecule has 4 aromatic rings. The maximum absolute atomic E-state index is 12.3. The van der Waals surface area contributed by atoms with Crippen molar-refractivity contribution < 1.29 is 9.53 Å². The van der Waals surface area contributed by atoms with Crippen molar-refractivity contribution in [3.8, 4) is 17.0 Å². The number of rotatable bonds is 5. The van der Waals surface area contributed by atoms with Crippen molar-refractivity contribution in [1.82, 2.24) is 9.38 Å². The van der Waals surface area contributed by atoms with E-state index in [4.69, 9.17) is 4.74 Å². The molecule has 0 aliphatic rings. The number of aromatic nitrogens is 2. The highest BCUT2D eigenvalue weighted by Crippen LogP contribution is 2.26. The van der Waals surface area contributed by atoms with Crippen LogP contribution in [0.5, 0.6) is 5.75 Å². The zero-order valence-corrected chi connectivity index (χ0v) is 16.8. The minimum Gasteiger partial charge on any atom is -0.483 e. The molecule has 0 unspecified atom stereocenters. The fourth-order valence-electron chi connectivity index (χ4n) is 3.17. The summed E-state index contributed by atoms with van der Waals surface area (Å²) in [5.41, 5.74) is 4.60. The van der Waals surface area contributed by atoms with Crippen molar-refractivity contribution in [2.75, 3.05) is 11.9 Å². The summed E-state index contributed by atoms with van der Waals surface area (Å²) < 4.78 is 7.76. The molecule has 4 rings (SSSR count). The lowest BCUT2D eigenvalue weighted by molar-refractivity contribution is -0.118. The monoisotopic (exact) mass is 391 g/mol. The molecule has 6 heteroatoms. The number of imidazole rings is 1. The Morgan fingerprint density at radius 3 is 2.61 bits per heavy atom. The minimum absolute atomic E-state index is 0.0323. The minimum atomic E-state index is -0.193. The predicted octanol–water partition coefficient (Wildman–Crippen LogP) is 5.01. The summed E-state index contributed by atoms with van der Waals surface area (Å²) in [6.45, 7) is 5.98. The average molecular weight is 391 g/mol. The number of hydrogen-bond acceptors (Lipinski definition) is 4. The van der Waals surface area contributed by atoms with Gasteiger partial charge in [0.25, 0.3) is 5.91 Å². The smallest absolute Gasteiger partial charge is 0.262 e. The zero-order valence-electron chi connectivity index (χ0n) is 16.0. The van der Waals surface area contributed by atoms with Crippen LogP contribution < -0.4 is 10.1 Å². The number of aryl methyl sites for hydroxylation is 3. The van der Waals surface area contributed by atoms with Crippen LogP contribution in [0.25, 0.3) is 16.2 Å². The molecule has 2 aromatic heterocycles. The van der Waals surface area contributed by atoms with Crippen LogP contribution in [0.15, 0.2) is 54.9 Å². The van der Waals surface area contributed by atoms with Crippen LogP contribution in [-0.2, 0) is 4.79 Å². The lowest BCUT2D eigenvalue weighted by Crippen LogP contribution is -2.20. The van der Waals surface area contributed by atoms with Gasteiger partial charge in [0.15, 0.2) is 11.6 Å². The second kappa shape index (κ2) is 7.48. The molecule has 0 atom stereocenters. The first-order valence-corrected chi connectivity index (χ1v) is 9.86. The molecule has 0 spiro atoms. The molecule has 142 valence electrons. The van der Waals surface area contributed by atoms with E-state index in [-0.39, 0.29) is 12.5 Å². The molecule has 1 amide bonds. The summed E-state index contributed by atoms with van der Waals surface area (Å²) in [4.78, 5) is 19.2. The summed E-state index contributed by atoms with van der Waals surface area (Å²) >= 11 is 1.65. The van der Waals surface area contributed by atoms with Crippen LogP contribution in [0.2, 0.25) is 0 Å². The molecule has 2 aromatic carbocycles. The van der Waals surface area contributed by atoms with Gasteiger partial charge in [0.05, 0.1) is 5.69 Å². The lowest BCUT2D eigenvalue weighted by atomic mass is 10.1. The summed E-state index contributed by atoms with van der Waals surface area (Å²) in [5.74, 6) is 0.570. The summed E-state index contributed by atoms with van der Waals surface area (Å²) in [6.07, 6.45) is 4.07. The molecule has 1 N–H and O–H groups in total. The largest absolute Gasteiger partial charge is 0.483 e. The van der Waals surface area contributed by atoms with E-state index in [1.807, 2.05) is 66.9 Å². The van der Waals surface area contributed by atoms with Crippen molar-refractivity contribution in [2.45, 2.75) is 20.8 Å². The number of benzene rings is 2. The third-order valence-corrected chi connectivity index (χ3v) is 5.38. The molecular weight excluding hydrogens is 370 g/mol. The van der Waals surface area contributed by atoms with Crippen molar-refractivity contribution in [3.05, 3.63) is 70.9 Å². The third-order valence-electron chi connectivity index (χ3n) is 4.47. The highest BCUT2D eigenvalue weighted by Gasteiger charge is 2.10. The Kier molecular flexibility index (Phi) is 4.88. The molecule has 0 saturated carbocycles. The van der Waals surface area contributed by atoms with E-state index in [0.29, 0.717) is 0 Å². The number of anilines is 1. The maximum atomic E-state index is 12.3. The van der Waals surface area contributed by atoms with E-state index in [2.05, 4.69) is 23.4 Å². The first-order chi connectivity index (χ1) is 13.5. The van der Waals surface area contributed by atoms with Crippen LogP contribution in [0.3, 0.4) is 0 Å². The van der Waals surface area contributed by atoms with Crippen LogP contribution >= 0.6 is 11.3 Å². The lowest BCUT2D eigenvalue weighted by Gasteiger charge is -2.12. The van der Waals surface area contributed by atoms with Crippen molar-refractivity contribution in [2.24, 2.45) is 0 Å². The predicted molar refractivity (Wildman–Crippen MR) is 113 cm³/mol. The Labute approximate surface area is 167 Å². The van der Waals surface area contributed by atoms with Gasteiger partial charge in [-0.1, -0.05) is 30.3 Å². The molecule has 0 aliphatic heterocycles. The zero-order chi connectivity index (χ0) is 19.7. The highest BCUT2D eigenvalue weighted by atomic mass is 32.1. The van der Waals surface area contributed by atoms with E-state index >= 15 is 0 Å². The number of ether oxygens (including phenoxy) is 1. The van der Waals surface area contributed by atoms with Crippen LogP contribution in [0, 0.1) is 20.8 Å². The summed E-state index contributed by atoms with van der Waals surface area (Å²) in [5, 5.41) is 2.90. The number of nitrogens with one attached hydrogen (secondary N) is 1. The SMILES string of the molecule is Cc1cn2cc(-c3cccc(NC(=O)COc4c(C)cccc4C)c3)nc2s1.